The highest BCUT2D eigenvalue weighted by Crippen LogP contribution is 2.35. The van der Waals surface area contributed by atoms with Gasteiger partial charge in [-0.1, -0.05) is 48.0 Å². The summed E-state index contributed by atoms with van der Waals surface area (Å²) in [6.45, 7) is 0. The van der Waals surface area contributed by atoms with Crippen LogP contribution in [0.4, 0.5) is 11.4 Å². The van der Waals surface area contributed by atoms with Crippen molar-refractivity contribution in [3.63, 3.8) is 0 Å². The molecule has 0 spiro atoms. The highest BCUT2D eigenvalue weighted by molar-refractivity contribution is 7.92. The van der Waals surface area contributed by atoms with Crippen molar-refractivity contribution in [3.05, 3.63) is 88.8 Å². The van der Waals surface area contributed by atoms with Gasteiger partial charge < -0.3 is 5.32 Å². The number of fused-ring (bicyclic) bond motifs is 1. The zero-order valence-corrected chi connectivity index (χ0v) is 18.3. The molecule has 152 valence electrons. The molecule has 1 heterocycles. The van der Waals surface area contributed by atoms with E-state index in [1.165, 1.54) is 34.8 Å². The summed E-state index contributed by atoms with van der Waals surface area (Å²) in [5, 5.41) is 4.02. The van der Waals surface area contributed by atoms with Crippen LogP contribution in [0.2, 0.25) is 5.02 Å². The molecule has 4 rings (SSSR count). The second-order valence-corrected chi connectivity index (χ2v) is 9.93. The molecule has 8 heteroatoms. The molecule has 1 aromatic heterocycles. The fourth-order valence-electron chi connectivity index (χ4n) is 2.99. The predicted molar refractivity (Wildman–Crippen MR) is 123 cm³/mol. The predicted octanol–water partition coefficient (Wildman–Crippen LogP) is 5.63. The average Bonchev–Trinajstić information content (AvgIpc) is 3.11. The van der Waals surface area contributed by atoms with Crippen molar-refractivity contribution in [2.24, 2.45) is 0 Å². The van der Waals surface area contributed by atoms with Gasteiger partial charge in [0.15, 0.2) is 0 Å². The second kappa shape index (κ2) is 8.10. The van der Waals surface area contributed by atoms with Crippen molar-refractivity contribution in [1.82, 2.24) is 0 Å². The molecular formula is C22H17ClN2O3S2. The zero-order chi connectivity index (χ0) is 21.3. The van der Waals surface area contributed by atoms with E-state index in [9.17, 15) is 13.2 Å². The van der Waals surface area contributed by atoms with E-state index in [1.54, 1.807) is 36.4 Å². The molecule has 0 aliphatic carbocycles. The van der Waals surface area contributed by atoms with Gasteiger partial charge in [0.2, 0.25) is 0 Å². The van der Waals surface area contributed by atoms with Crippen molar-refractivity contribution in [1.29, 1.82) is 0 Å². The molecule has 4 aromatic rings. The summed E-state index contributed by atoms with van der Waals surface area (Å²) in [6.07, 6.45) is 0. The van der Waals surface area contributed by atoms with Crippen LogP contribution in [0.5, 0.6) is 0 Å². The van der Waals surface area contributed by atoms with Gasteiger partial charge in [-0.05, 0) is 42.5 Å². The summed E-state index contributed by atoms with van der Waals surface area (Å²) in [4.78, 5) is 13.2. The van der Waals surface area contributed by atoms with Gasteiger partial charge in [0.1, 0.15) is 4.88 Å². The fraction of sp³-hybridized carbons (Fsp3) is 0.0455. The number of amides is 1. The van der Waals surface area contributed by atoms with Crippen molar-refractivity contribution in [3.8, 4) is 0 Å². The summed E-state index contributed by atoms with van der Waals surface area (Å²) in [5.74, 6) is -0.335. The number of carbonyl (C=O) groups is 1. The van der Waals surface area contributed by atoms with E-state index >= 15 is 0 Å². The molecule has 0 radical (unpaired) electrons. The molecule has 1 amide bonds. The molecule has 0 aliphatic rings. The van der Waals surface area contributed by atoms with E-state index in [0.717, 1.165) is 10.1 Å². The Hall–Kier alpha value is -2.87. The number of nitrogens with one attached hydrogen (secondary N) is 1. The fourth-order valence-corrected chi connectivity index (χ4v) is 5.60. The Labute approximate surface area is 183 Å². The maximum atomic E-state index is 12.9. The SMILES string of the molecule is CN(c1ccccc1)S(=O)(=O)c1ccc(NC(=O)c2sc3ccccc3c2Cl)cc1. The number of halogens is 1. The number of thiophene rings is 1. The van der Waals surface area contributed by atoms with Crippen LogP contribution in [0.3, 0.4) is 0 Å². The summed E-state index contributed by atoms with van der Waals surface area (Å²) in [6, 6.07) is 22.4. The molecular weight excluding hydrogens is 440 g/mol. The van der Waals surface area contributed by atoms with Crippen LogP contribution < -0.4 is 9.62 Å². The van der Waals surface area contributed by atoms with Gasteiger partial charge >= 0.3 is 0 Å². The summed E-state index contributed by atoms with van der Waals surface area (Å²) in [5.41, 5.74) is 1.05. The zero-order valence-electron chi connectivity index (χ0n) is 15.9. The van der Waals surface area contributed by atoms with Crippen LogP contribution in [-0.2, 0) is 10.0 Å². The van der Waals surface area contributed by atoms with Crippen LogP contribution in [0.15, 0.2) is 83.8 Å². The Morgan fingerprint density at radius 3 is 2.23 bits per heavy atom. The first-order valence-electron chi connectivity index (χ1n) is 9.00. The first-order valence-corrected chi connectivity index (χ1v) is 11.6. The largest absolute Gasteiger partial charge is 0.321 e. The quantitative estimate of drug-likeness (QED) is 0.423. The minimum Gasteiger partial charge on any atom is -0.321 e. The molecule has 0 bridgehead atoms. The van der Waals surface area contributed by atoms with Crippen molar-refractivity contribution < 1.29 is 13.2 Å². The number of nitrogens with zero attached hydrogens (tertiary/aromatic N) is 1. The van der Waals surface area contributed by atoms with Gasteiger partial charge in [-0.25, -0.2) is 8.42 Å². The number of sulfonamides is 1. The molecule has 0 saturated heterocycles. The summed E-state index contributed by atoms with van der Waals surface area (Å²) >= 11 is 7.67. The van der Waals surface area contributed by atoms with Crippen molar-refractivity contribution in [2.45, 2.75) is 4.90 Å². The van der Waals surface area contributed by atoms with E-state index in [2.05, 4.69) is 5.32 Å². The van der Waals surface area contributed by atoms with Crippen LogP contribution in [-0.4, -0.2) is 21.4 Å². The molecule has 1 N–H and O–H groups in total. The van der Waals surface area contributed by atoms with Crippen LogP contribution in [0, 0.1) is 0 Å². The van der Waals surface area contributed by atoms with E-state index in [-0.39, 0.29) is 10.8 Å². The summed E-state index contributed by atoms with van der Waals surface area (Å²) < 4.78 is 27.9. The minimum absolute atomic E-state index is 0.131. The van der Waals surface area contributed by atoms with Crippen LogP contribution >= 0.6 is 22.9 Å². The van der Waals surface area contributed by atoms with Crippen molar-refractivity contribution in [2.75, 3.05) is 16.7 Å². The average molecular weight is 457 g/mol. The first kappa shape index (κ1) is 20.4. The third kappa shape index (κ3) is 3.79. The number of rotatable bonds is 5. The summed E-state index contributed by atoms with van der Waals surface area (Å²) in [7, 11) is -2.21. The first-order chi connectivity index (χ1) is 14.4. The van der Waals surface area contributed by atoms with Gasteiger partial charge in [0.25, 0.3) is 15.9 Å². The molecule has 0 unspecified atom stereocenters. The van der Waals surface area contributed by atoms with Gasteiger partial charge in [-0.2, -0.15) is 0 Å². The highest BCUT2D eigenvalue weighted by atomic mass is 35.5. The van der Waals surface area contributed by atoms with E-state index < -0.39 is 10.0 Å². The number of benzene rings is 3. The maximum absolute atomic E-state index is 12.9. The molecule has 0 fully saturated rings. The van der Waals surface area contributed by atoms with Crippen LogP contribution in [0.1, 0.15) is 9.67 Å². The van der Waals surface area contributed by atoms with E-state index in [4.69, 9.17) is 11.6 Å². The number of hydrogen-bond acceptors (Lipinski definition) is 4. The Morgan fingerprint density at radius 2 is 1.57 bits per heavy atom. The lowest BCUT2D eigenvalue weighted by Gasteiger charge is -2.19. The number of para-hydroxylation sites is 1. The Kier molecular flexibility index (Phi) is 5.51. The standard InChI is InChI=1S/C22H17ClN2O3S2/c1-25(16-7-3-2-4-8-16)30(27,28)17-13-11-15(12-14-17)24-22(26)21-20(23)18-9-5-6-10-19(18)29-21/h2-14H,1H3,(H,24,26). The Bertz CT molecular complexity index is 1320. The highest BCUT2D eigenvalue weighted by Gasteiger charge is 2.22. The van der Waals surface area contributed by atoms with E-state index in [0.29, 0.717) is 21.3 Å². The topological polar surface area (TPSA) is 66.5 Å². The maximum Gasteiger partial charge on any atom is 0.267 e. The smallest absolute Gasteiger partial charge is 0.267 e. The minimum atomic E-state index is -3.71. The van der Waals surface area contributed by atoms with Gasteiger partial charge in [0, 0.05) is 22.8 Å². The van der Waals surface area contributed by atoms with Crippen LogP contribution in [0.25, 0.3) is 10.1 Å². The Morgan fingerprint density at radius 1 is 0.933 bits per heavy atom. The lowest BCUT2D eigenvalue weighted by Crippen LogP contribution is -2.26. The van der Waals surface area contributed by atoms with Gasteiger partial charge in [-0.3, -0.25) is 9.10 Å². The normalized spacial score (nSPS) is 11.4. The second-order valence-electron chi connectivity index (χ2n) is 6.53. The molecule has 0 aliphatic heterocycles. The lowest BCUT2D eigenvalue weighted by molar-refractivity contribution is 0.103. The number of carbonyl (C=O) groups excluding carboxylic acids is 1. The molecule has 0 saturated carbocycles. The molecule has 3 aromatic carbocycles. The molecule has 0 atom stereocenters. The molecule has 5 nitrogen and oxygen atoms in total. The number of anilines is 2. The van der Waals surface area contributed by atoms with Crippen molar-refractivity contribution >= 4 is 60.3 Å². The van der Waals surface area contributed by atoms with Gasteiger partial charge in [0.05, 0.1) is 15.6 Å². The number of hydrogen-bond donors (Lipinski definition) is 1. The third-order valence-corrected chi connectivity index (χ3v) is 8.11. The van der Waals surface area contributed by atoms with Gasteiger partial charge in [-0.15, -0.1) is 11.3 Å². The lowest BCUT2D eigenvalue weighted by atomic mass is 10.2. The Balaban J connectivity index is 1.55. The van der Waals surface area contributed by atoms with E-state index in [1.807, 2.05) is 30.3 Å². The monoisotopic (exact) mass is 456 g/mol. The third-order valence-electron chi connectivity index (χ3n) is 4.63. The molecule has 30 heavy (non-hydrogen) atoms.